The highest BCUT2D eigenvalue weighted by atomic mass is 16.6. The summed E-state index contributed by atoms with van der Waals surface area (Å²) in [5, 5.41) is 11.1. The third-order valence-corrected chi connectivity index (χ3v) is 7.05. The minimum Gasteiger partial charge on any atom is -0.493 e. The molecular weight excluding hydrogens is 460 g/mol. The van der Waals surface area contributed by atoms with E-state index < -0.39 is 4.92 Å². The van der Waals surface area contributed by atoms with Crippen LogP contribution in [-0.4, -0.2) is 72.4 Å². The van der Waals surface area contributed by atoms with Crippen LogP contribution in [0.4, 0.5) is 11.4 Å². The summed E-state index contributed by atoms with van der Waals surface area (Å²) in [6, 6.07) is 10.5. The topological polar surface area (TPSA) is 96.2 Å². The monoisotopic (exact) mass is 494 g/mol. The van der Waals surface area contributed by atoms with Gasteiger partial charge in [0.15, 0.2) is 0 Å². The summed E-state index contributed by atoms with van der Waals surface area (Å²) in [6.45, 7) is 10.0. The number of ether oxygens (including phenoxy) is 1. The molecule has 2 aliphatic rings. The lowest BCUT2D eigenvalue weighted by Gasteiger charge is -2.40. The van der Waals surface area contributed by atoms with Crippen LogP contribution in [0.25, 0.3) is 0 Å². The fourth-order valence-electron chi connectivity index (χ4n) is 5.20. The lowest BCUT2D eigenvalue weighted by molar-refractivity contribution is -0.384. The molecule has 0 aromatic heterocycles. The number of rotatable bonds is 6. The van der Waals surface area contributed by atoms with E-state index >= 15 is 0 Å². The molecule has 9 heteroatoms. The van der Waals surface area contributed by atoms with Gasteiger partial charge in [0.2, 0.25) is 5.91 Å². The van der Waals surface area contributed by atoms with Crippen molar-refractivity contribution in [2.24, 2.45) is 5.92 Å². The average Bonchev–Trinajstić information content (AvgIpc) is 2.88. The van der Waals surface area contributed by atoms with Crippen LogP contribution < -0.4 is 9.64 Å². The zero-order valence-corrected chi connectivity index (χ0v) is 21.2. The highest BCUT2D eigenvalue weighted by Crippen LogP contribution is 2.29. The summed E-state index contributed by atoms with van der Waals surface area (Å²) in [6.07, 6.45) is 1.49. The van der Waals surface area contributed by atoms with E-state index in [0.29, 0.717) is 26.2 Å². The van der Waals surface area contributed by atoms with E-state index in [0.717, 1.165) is 25.9 Å². The number of piperazine rings is 1. The van der Waals surface area contributed by atoms with Crippen LogP contribution in [0.15, 0.2) is 36.4 Å². The Morgan fingerprint density at radius 3 is 2.44 bits per heavy atom. The summed E-state index contributed by atoms with van der Waals surface area (Å²) in [5.41, 5.74) is 3.87. The van der Waals surface area contributed by atoms with E-state index in [4.69, 9.17) is 4.74 Å². The zero-order valence-electron chi connectivity index (χ0n) is 21.2. The second kappa shape index (κ2) is 11.0. The number of hydrogen-bond donors (Lipinski definition) is 0. The van der Waals surface area contributed by atoms with Gasteiger partial charge in [-0.2, -0.15) is 0 Å². The van der Waals surface area contributed by atoms with E-state index in [1.165, 1.54) is 35.0 Å². The fourth-order valence-corrected chi connectivity index (χ4v) is 5.20. The molecule has 4 rings (SSSR count). The van der Waals surface area contributed by atoms with Crippen LogP contribution in [0.3, 0.4) is 0 Å². The fraction of sp³-hybridized carbons (Fsp3) is 0.481. The lowest BCUT2D eigenvalue weighted by atomic mass is 9.95. The first-order valence-electron chi connectivity index (χ1n) is 12.6. The first-order chi connectivity index (χ1) is 17.3. The maximum absolute atomic E-state index is 13.4. The summed E-state index contributed by atoms with van der Waals surface area (Å²) in [4.78, 5) is 43.3. The van der Waals surface area contributed by atoms with E-state index in [-0.39, 0.29) is 41.3 Å². The minimum absolute atomic E-state index is 0.0986. The van der Waals surface area contributed by atoms with Crippen LogP contribution in [0.5, 0.6) is 5.75 Å². The molecule has 0 aliphatic carbocycles. The van der Waals surface area contributed by atoms with E-state index in [9.17, 15) is 19.7 Å². The van der Waals surface area contributed by atoms with Gasteiger partial charge in [0.1, 0.15) is 5.75 Å². The molecule has 0 spiro atoms. The highest BCUT2D eigenvalue weighted by molar-refractivity contribution is 5.97. The first kappa shape index (κ1) is 25.5. The average molecular weight is 495 g/mol. The van der Waals surface area contributed by atoms with Gasteiger partial charge in [-0.1, -0.05) is 17.7 Å². The van der Waals surface area contributed by atoms with Crippen molar-refractivity contribution in [2.75, 3.05) is 50.8 Å². The Morgan fingerprint density at radius 1 is 1.03 bits per heavy atom. The van der Waals surface area contributed by atoms with Gasteiger partial charge in [-0.3, -0.25) is 19.7 Å². The van der Waals surface area contributed by atoms with Crippen molar-refractivity contribution < 1.29 is 19.2 Å². The molecule has 2 saturated heterocycles. The van der Waals surface area contributed by atoms with Crippen LogP contribution in [0.2, 0.25) is 0 Å². The van der Waals surface area contributed by atoms with Gasteiger partial charge in [-0.15, -0.1) is 0 Å². The van der Waals surface area contributed by atoms with Crippen molar-refractivity contribution in [3.05, 3.63) is 63.2 Å². The normalized spacial score (nSPS) is 18.2. The van der Waals surface area contributed by atoms with Gasteiger partial charge in [0, 0.05) is 51.0 Å². The van der Waals surface area contributed by atoms with Gasteiger partial charge >= 0.3 is 0 Å². The largest absolute Gasteiger partial charge is 0.493 e. The second-order valence-corrected chi connectivity index (χ2v) is 9.56. The summed E-state index contributed by atoms with van der Waals surface area (Å²) in [7, 11) is 0. The molecule has 36 heavy (non-hydrogen) atoms. The Kier molecular flexibility index (Phi) is 7.76. The smallest absolute Gasteiger partial charge is 0.273 e. The number of piperidine rings is 1. The number of nitrogens with zero attached hydrogens (tertiary/aromatic N) is 4. The first-order valence-corrected chi connectivity index (χ1v) is 12.6. The Balaban J connectivity index is 1.40. The van der Waals surface area contributed by atoms with Gasteiger partial charge in [-0.25, -0.2) is 0 Å². The molecule has 1 unspecified atom stereocenters. The molecule has 2 aromatic rings. The number of hydrogen-bond acceptors (Lipinski definition) is 6. The van der Waals surface area contributed by atoms with Crippen molar-refractivity contribution in [1.82, 2.24) is 9.80 Å². The van der Waals surface area contributed by atoms with Crippen molar-refractivity contribution in [3.8, 4) is 5.75 Å². The molecule has 0 radical (unpaired) electrons. The molecule has 1 atom stereocenters. The number of aryl methyl sites for hydroxylation is 2. The Labute approximate surface area is 211 Å². The van der Waals surface area contributed by atoms with Crippen molar-refractivity contribution in [2.45, 2.75) is 33.6 Å². The standard InChI is InChI=1S/C27H34N4O5/c1-4-36-25-17-22(31(34)35)8-9-23(25)27(33)30-11-5-6-21(18-30)26(32)29-14-12-28(13-15-29)24-10-7-19(2)16-20(24)3/h7-10,16-17,21H,4-6,11-15,18H2,1-3H3. The van der Waals surface area contributed by atoms with Crippen LogP contribution >= 0.6 is 0 Å². The number of likely N-dealkylation sites (tertiary alicyclic amines) is 1. The molecule has 2 fully saturated rings. The van der Waals surface area contributed by atoms with Crippen LogP contribution in [-0.2, 0) is 4.79 Å². The van der Waals surface area contributed by atoms with Crippen molar-refractivity contribution >= 4 is 23.2 Å². The number of nitro groups is 1. The van der Waals surface area contributed by atoms with Gasteiger partial charge in [-0.05, 0) is 51.3 Å². The highest BCUT2D eigenvalue weighted by Gasteiger charge is 2.34. The summed E-state index contributed by atoms with van der Waals surface area (Å²) in [5.74, 6) is -0.205. The van der Waals surface area contributed by atoms with Gasteiger partial charge < -0.3 is 19.4 Å². The predicted molar refractivity (Wildman–Crippen MR) is 138 cm³/mol. The Morgan fingerprint density at radius 2 is 1.78 bits per heavy atom. The number of nitro benzene ring substituents is 1. The molecule has 192 valence electrons. The maximum atomic E-state index is 13.4. The molecule has 0 N–H and O–H groups in total. The molecule has 2 aromatic carbocycles. The van der Waals surface area contributed by atoms with Gasteiger partial charge in [0.25, 0.3) is 11.6 Å². The second-order valence-electron chi connectivity index (χ2n) is 9.56. The van der Waals surface area contributed by atoms with Gasteiger partial charge in [0.05, 0.1) is 29.1 Å². The quantitative estimate of drug-likeness (QED) is 0.448. The Bertz CT molecular complexity index is 1140. The van der Waals surface area contributed by atoms with Crippen LogP contribution in [0, 0.1) is 29.9 Å². The molecule has 2 amide bonds. The van der Waals surface area contributed by atoms with E-state index in [1.807, 2.05) is 4.90 Å². The zero-order chi connectivity index (χ0) is 25.8. The van der Waals surface area contributed by atoms with E-state index in [2.05, 4.69) is 36.9 Å². The van der Waals surface area contributed by atoms with Crippen molar-refractivity contribution in [3.63, 3.8) is 0 Å². The molecule has 0 bridgehead atoms. The summed E-state index contributed by atoms with van der Waals surface area (Å²) < 4.78 is 5.54. The number of carbonyl (C=O) groups excluding carboxylic acids is 2. The molecule has 0 saturated carbocycles. The summed E-state index contributed by atoms with van der Waals surface area (Å²) >= 11 is 0. The number of carbonyl (C=O) groups is 2. The predicted octanol–water partition coefficient (Wildman–Crippen LogP) is 3.81. The molecule has 9 nitrogen and oxygen atoms in total. The molecule has 2 aliphatic heterocycles. The number of benzene rings is 2. The Hall–Kier alpha value is -3.62. The SMILES string of the molecule is CCOc1cc([N+](=O)[O-])ccc1C(=O)N1CCCC(C(=O)N2CCN(c3ccc(C)cc3C)CC2)C1. The van der Waals surface area contributed by atoms with Crippen molar-refractivity contribution in [1.29, 1.82) is 0 Å². The maximum Gasteiger partial charge on any atom is 0.273 e. The third-order valence-electron chi connectivity index (χ3n) is 7.05. The number of anilines is 1. The minimum atomic E-state index is -0.508. The van der Waals surface area contributed by atoms with E-state index in [1.54, 1.807) is 11.8 Å². The molecule has 2 heterocycles. The number of amides is 2. The van der Waals surface area contributed by atoms with Crippen LogP contribution in [0.1, 0.15) is 41.3 Å². The molecular formula is C27H34N4O5. The third kappa shape index (κ3) is 5.45. The lowest BCUT2D eigenvalue weighted by Crippen LogP contribution is -2.53. The number of non-ortho nitro benzene ring substituents is 1.